The summed E-state index contributed by atoms with van der Waals surface area (Å²) in [5, 5.41) is 2.92. The number of fused-ring (bicyclic) bond motifs is 1. The average Bonchev–Trinajstić information content (AvgIpc) is 3.26. The molecule has 0 bridgehead atoms. The van der Waals surface area contributed by atoms with Gasteiger partial charge in [0.2, 0.25) is 6.79 Å². The summed E-state index contributed by atoms with van der Waals surface area (Å²) in [6, 6.07) is 17.1. The van der Waals surface area contributed by atoms with E-state index in [4.69, 9.17) is 13.9 Å². The second-order valence-corrected chi connectivity index (χ2v) is 5.82. The van der Waals surface area contributed by atoms with E-state index in [9.17, 15) is 4.79 Å². The van der Waals surface area contributed by atoms with Gasteiger partial charge in [0.05, 0.1) is 5.56 Å². The van der Waals surface area contributed by atoms with Gasteiger partial charge < -0.3 is 19.2 Å². The van der Waals surface area contributed by atoms with Crippen molar-refractivity contribution in [3.63, 3.8) is 0 Å². The number of amides is 1. The summed E-state index contributed by atoms with van der Waals surface area (Å²) < 4.78 is 16.4. The molecule has 1 aromatic heterocycles. The van der Waals surface area contributed by atoms with Gasteiger partial charge in [0.25, 0.3) is 5.91 Å². The summed E-state index contributed by atoms with van der Waals surface area (Å²) in [4.78, 5) is 12.5. The van der Waals surface area contributed by atoms with E-state index in [1.54, 1.807) is 13.0 Å². The number of rotatable bonds is 4. The SMILES string of the molecule is Cc1oc(-c2ccccc2)cc1C(=O)NCc1ccc2c(c1)OCO2. The van der Waals surface area contributed by atoms with Crippen LogP contribution in [0.3, 0.4) is 0 Å². The molecule has 0 atom stereocenters. The number of hydrogen-bond donors (Lipinski definition) is 1. The van der Waals surface area contributed by atoms with Crippen LogP contribution in [0.2, 0.25) is 0 Å². The first-order valence-corrected chi connectivity index (χ1v) is 8.03. The van der Waals surface area contributed by atoms with E-state index in [-0.39, 0.29) is 12.7 Å². The van der Waals surface area contributed by atoms with Gasteiger partial charge in [-0.3, -0.25) is 4.79 Å². The van der Waals surface area contributed by atoms with Crippen molar-refractivity contribution in [2.45, 2.75) is 13.5 Å². The molecule has 1 amide bonds. The fourth-order valence-corrected chi connectivity index (χ4v) is 2.78. The third kappa shape index (κ3) is 3.08. The number of hydrogen-bond acceptors (Lipinski definition) is 4. The van der Waals surface area contributed by atoms with Gasteiger partial charge in [-0.15, -0.1) is 0 Å². The van der Waals surface area contributed by atoms with Gasteiger partial charge in [-0.25, -0.2) is 0 Å². The van der Waals surface area contributed by atoms with Gasteiger partial charge in [0.1, 0.15) is 11.5 Å². The van der Waals surface area contributed by atoms with E-state index in [0.717, 1.165) is 16.9 Å². The lowest BCUT2D eigenvalue weighted by Gasteiger charge is -2.05. The fraction of sp³-hybridized carbons (Fsp3) is 0.150. The molecule has 25 heavy (non-hydrogen) atoms. The van der Waals surface area contributed by atoms with Crippen LogP contribution in [-0.2, 0) is 6.54 Å². The Morgan fingerprint density at radius 2 is 1.84 bits per heavy atom. The molecule has 4 rings (SSSR count). The van der Waals surface area contributed by atoms with Crippen LogP contribution in [0.15, 0.2) is 59.0 Å². The Morgan fingerprint density at radius 1 is 1.04 bits per heavy atom. The van der Waals surface area contributed by atoms with Crippen LogP contribution in [0.1, 0.15) is 21.7 Å². The zero-order chi connectivity index (χ0) is 17.2. The van der Waals surface area contributed by atoms with E-state index in [0.29, 0.717) is 29.4 Å². The van der Waals surface area contributed by atoms with Gasteiger partial charge in [-0.1, -0.05) is 36.4 Å². The number of aryl methyl sites for hydroxylation is 1. The highest BCUT2D eigenvalue weighted by atomic mass is 16.7. The minimum atomic E-state index is -0.166. The highest BCUT2D eigenvalue weighted by Gasteiger charge is 2.17. The number of furan rings is 1. The number of benzene rings is 2. The highest BCUT2D eigenvalue weighted by Crippen LogP contribution is 2.32. The Bertz CT molecular complexity index is 915. The molecule has 3 aromatic rings. The second-order valence-electron chi connectivity index (χ2n) is 5.82. The van der Waals surface area contributed by atoms with Crippen molar-refractivity contribution in [2.75, 3.05) is 6.79 Å². The lowest BCUT2D eigenvalue weighted by Crippen LogP contribution is -2.22. The topological polar surface area (TPSA) is 60.7 Å². The van der Waals surface area contributed by atoms with Crippen molar-refractivity contribution in [1.82, 2.24) is 5.32 Å². The fourth-order valence-electron chi connectivity index (χ4n) is 2.78. The van der Waals surface area contributed by atoms with Crippen molar-refractivity contribution < 1.29 is 18.7 Å². The van der Waals surface area contributed by atoms with E-state index in [1.807, 2.05) is 48.5 Å². The van der Waals surface area contributed by atoms with Crippen molar-refractivity contribution in [1.29, 1.82) is 0 Å². The Balaban J connectivity index is 1.47. The summed E-state index contributed by atoms with van der Waals surface area (Å²) in [5.41, 5.74) is 2.43. The van der Waals surface area contributed by atoms with E-state index in [2.05, 4.69) is 5.32 Å². The minimum absolute atomic E-state index is 0.166. The molecule has 0 aliphatic carbocycles. The summed E-state index contributed by atoms with van der Waals surface area (Å²) >= 11 is 0. The van der Waals surface area contributed by atoms with Crippen LogP contribution in [0.4, 0.5) is 0 Å². The lowest BCUT2D eigenvalue weighted by molar-refractivity contribution is 0.0949. The van der Waals surface area contributed by atoms with Crippen LogP contribution >= 0.6 is 0 Å². The predicted molar refractivity (Wildman–Crippen MR) is 92.6 cm³/mol. The molecule has 2 heterocycles. The molecular weight excluding hydrogens is 318 g/mol. The van der Waals surface area contributed by atoms with Gasteiger partial charge in [0, 0.05) is 12.1 Å². The maximum atomic E-state index is 12.5. The first-order valence-electron chi connectivity index (χ1n) is 8.03. The number of carbonyl (C=O) groups excluding carboxylic acids is 1. The molecule has 1 aliphatic heterocycles. The van der Waals surface area contributed by atoms with Crippen LogP contribution in [-0.4, -0.2) is 12.7 Å². The smallest absolute Gasteiger partial charge is 0.255 e. The molecule has 2 aromatic carbocycles. The summed E-state index contributed by atoms with van der Waals surface area (Å²) in [6.07, 6.45) is 0. The maximum absolute atomic E-state index is 12.5. The Morgan fingerprint density at radius 3 is 2.68 bits per heavy atom. The molecule has 0 fully saturated rings. The molecule has 126 valence electrons. The Labute approximate surface area is 145 Å². The van der Waals surface area contributed by atoms with Crippen LogP contribution in [0.25, 0.3) is 11.3 Å². The van der Waals surface area contributed by atoms with Crippen molar-refractivity contribution in [3.8, 4) is 22.8 Å². The highest BCUT2D eigenvalue weighted by molar-refractivity contribution is 5.96. The quantitative estimate of drug-likeness (QED) is 0.785. The average molecular weight is 335 g/mol. The maximum Gasteiger partial charge on any atom is 0.255 e. The largest absolute Gasteiger partial charge is 0.461 e. The molecule has 0 radical (unpaired) electrons. The lowest BCUT2D eigenvalue weighted by atomic mass is 10.1. The normalized spacial score (nSPS) is 12.2. The van der Waals surface area contributed by atoms with Crippen LogP contribution in [0, 0.1) is 6.92 Å². The standard InChI is InChI=1S/C20H17NO4/c1-13-16(10-18(25-13)15-5-3-2-4-6-15)20(22)21-11-14-7-8-17-19(9-14)24-12-23-17/h2-10H,11-12H2,1H3,(H,21,22). The zero-order valence-electron chi connectivity index (χ0n) is 13.7. The van der Waals surface area contributed by atoms with Crippen molar-refractivity contribution in [2.24, 2.45) is 0 Å². The number of nitrogens with one attached hydrogen (secondary N) is 1. The first-order chi connectivity index (χ1) is 12.2. The Kier molecular flexibility index (Phi) is 3.90. The number of carbonyl (C=O) groups is 1. The zero-order valence-corrected chi connectivity index (χ0v) is 13.7. The molecule has 0 saturated carbocycles. The van der Waals surface area contributed by atoms with E-state index >= 15 is 0 Å². The third-order valence-corrected chi connectivity index (χ3v) is 4.11. The van der Waals surface area contributed by atoms with Crippen LogP contribution in [0.5, 0.6) is 11.5 Å². The van der Waals surface area contributed by atoms with Gasteiger partial charge >= 0.3 is 0 Å². The third-order valence-electron chi connectivity index (χ3n) is 4.11. The van der Waals surface area contributed by atoms with E-state index < -0.39 is 0 Å². The van der Waals surface area contributed by atoms with Crippen molar-refractivity contribution in [3.05, 3.63) is 71.5 Å². The summed E-state index contributed by atoms with van der Waals surface area (Å²) in [7, 11) is 0. The van der Waals surface area contributed by atoms with Crippen molar-refractivity contribution >= 4 is 5.91 Å². The molecule has 0 spiro atoms. The monoisotopic (exact) mass is 335 g/mol. The number of ether oxygens (including phenoxy) is 2. The van der Waals surface area contributed by atoms with Gasteiger partial charge in [-0.2, -0.15) is 0 Å². The molecular formula is C20H17NO4. The first kappa shape index (κ1) is 15.3. The molecule has 1 aliphatic rings. The van der Waals surface area contributed by atoms with Gasteiger partial charge in [0.15, 0.2) is 11.5 Å². The molecule has 0 unspecified atom stereocenters. The second kappa shape index (κ2) is 6.36. The van der Waals surface area contributed by atoms with E-state index in [1.165, 1.54) is 0 Å². The van der Waals surface area contributed by atoms with Gasteiger partial charge in [-0.05, 0) is 30.7 Å². The molecule has 0 saturated heterocycles. The molecule has 5 nitrogen and oxygen atoms in total. The van der Waals surface area contributed by atoms with Crippen LogP contribution < -0.4 is 14.8 Å². The Hall–Kier alpha value is -3.21. The minimum Gasteiger partial charge on any atom is -0.461 e. The predicted octanol–water partition coefficient (Wildman–Crippen LogP) is 3.91. The summed E-state index contributed by atoms with van der Waals surface area (Å²) in [5.74, 6) is 2.56. The summed E-state index contributed by atoms with van der Waals surface area (Å²) in [6.45, 7) is 2.43. The molecule has 1 N–H and O–H groups in total. The molecule has 5 heteroatoms.